The van der Waals surface area contributed by atoms with Gasteiger partial charge in [-0.1, -0.05) is 36.8 Å². The number of hydrogen-bond acceptors (Lipinski definition) is 4. The Labute approximate surface area is 175 Å². The summed E-state index contributed by atoms with van der Waals surface area (Å²) >= 11 is 1.49. The molecule has 0 spiro atoms. The van der Waals surface area contributed by atoms with Gasteiger partial charge in [0.15, 0.2) is 0 Å². The first-order chi connectivity index (χ1) is 14.0. The summed E-state index contributed by atoms with van der Waals surface area (Å²) in [7, 11) is -3.43. The van der Waals surface area contributed by atoms with E-state index in [0.29, 0.717) is 24.5 Å². The maximum Gasteiger partial charge on any atom is 0.261 e. The lowest BCUT2D eigenvalue weighted by atomic mass is 10.1. The molecule has 0 bridgehead atoms. The van der Waals surface area contributed by atoms with Crippen molar-refractivity contribution in [3.05, 3.63) is 64.5 Å². The molecule has 3 aromatic rings. The number of nitrogens with zero attached hydrogens (tertiary/aromatic N) is 1. The monoisotopic (exact) mass is 428 g/mol. The number of carbonyl (C=O) groups excluding carboxylic acids is 1. The molecule has 1 saturated heterocycles. The Morgan fingerprint density at radius 2 is 1.72 bits per heavy atom. The average Bonchev–Trinajstić information content (AvgIpc) is 3.10. The van der Waals surface area contributed by atoms with Crippen LogP contribution in [0.1, 0.15) is 40.1 Å². The smallest absolute Gasteiger partial charge is 0.261 e. The van der Waals surface area contributed by atoms with E-state index in [1.807, 2.05) is 31.2 Å². The molecule has 1 amide bonds. The summed E-state index contributed by atoms with van der Waals surface area (Å²) in [5.41, 5.74) is 1.86. The Hall–Kier alpha value is -2.22. The normalized spacial score (nSPS) is 15.5. The topological polar surface area (TPSA) is 66.5 Å². The van der Waals surface area contributed by atoms with Gasteiger partial charge >= 0.3 is 0 Å². The van der Waals surface area contributed by atoms with Crippen LogP contribution in [0.2, 0.25) is 0 Å². The molecule has 0 unspecified atom stereocenters. The summed E-state index contributed by atoms with van der Waals surface area (Å²) in [4.78, 5) is 13.7. The molecule has 1 aromatic heterocycles. The lowest BCUT2D eigenvalue weighted by Crippen LogP contribution is -2.35. The van der Waals surface area contributed by atoms with Gasteiger partial charge in [0.2, 0.25) is 10.0 Å². The fourth-order valence-corrected chi connectivity index (χ4v) is 6.33. The third-order valence-corrected chi connectivity index (χ3v) is 8.56. The number of thiophene rings is 1. The quantitative estimate of drug-likeness (QED) is 0.658. The number of fused-ring (bicyclic) bond motifs is 1. The first-order valence-corrected chi connectivity index (χ1v) is 12.1. The summed E-state index contributed by atoms with van der Waals surface area (Å²) in [5.74, 6) is -0.103. The first-order valence-electron chi connectivity index (χ1n) is 9.82. The fraction of sp³-hybridized carbons (Fsp3) is 0.318. The third kappa shape index (κ3) is 4.08. The van der Waals surface area contributed by atoms with Crippen LogP contribution in [0.3, 0.4) is 0 Å². The maximum atomic E-state index is 12.7. The van der Waals surface area contributed by atoms with Crippen LogP contribution in [0.4, 0.5) is 0 Å². The molecule has 1 fully saturated rings. The van der Waals surface area contributed by atoms with Gasteiger partial charge in [0.1, 0.15) is 0 Å². The minimum Gasteiger partial charge on any atom is -0.347 e. The van der Waals surface area contributed by atoms with E-state index in [2.05, 4.69) is 5.32 Å². The molecule has 0 aliphatic carbocycles. The summed E-state index contributed by atoms with van der Waals surface area (Å²) in [6, 6.07) is 14.8. The lowest BCUT2D eigenvalue weighted by molar-refractivity contribution is 0.0954. The SMILES string of the molecule is Cc1c(C(=O)NCc2ccc(S(=O)(=O)N3CCCCC3)cc2)sc2ccccc12. The molecule has 0 saturated carbocycles. The molecule has 4 rings (SSSR count). The highest BCUT2D eigenvalue weighted by Gasteiger charge is 2.25. The highest BCUT2D eigenvalue weighted by atomic mass is 32.2. The van der Waals surface area contributed by atoms with Crippen molar-refractivity contribution in [1.29, 1.82) is 0 Å². The highest BCUT2D eigenvalue weighted by Crippen LogP contribution is 2.30. The van der Waals surface area contributed by atoms with Crippen molar-refractivity contribution in [1.82, 2.24) is 9.62 Å². The molecule has 29 heavy (non-hydrogen) atoms. The number of sulfonamides is 1. The minimum absolute atomic E-state index is 0.103. The van der Waals surface area contributed by atoms with E-state index in [-0.39, 0.29) is 5.91 Å². The van der Waals surface area contributed by atoms with E-state index >= 15 is 0 Å². The van der Waals surface area contributed by atoms with Crippen molar-refractivity contribution >= 4 is 37.4 Å². The van der Waals surface area contributed by atoms with Crippen molar-refractivity contribution in [2.24, 2.45) is 0 Å². The second-order valence-corrected chi connectivity index (χ2v) is 10.3. The number of aryl methyl sites for hydroxylation is 1. The summed E-state index contributed by atoms with van der Waals surface area (Å²) < 4.78 is 28.1. The fourth-order valence-electron chi connectivity index (χ4n) is 3.69. The number of rotatable bonds is 5. The van der Waals surface area contributed by atoms with Crippen LogP contribution < -0.4 is 5.32 Å². The molecule has 2 aromatic carbocycles. The Balaban J connectivity index is 1.43. The van der Waals surface area contributed by atoms with Gasteiger partial charge in [-0.05, 0) is 54.5 Å². The van der Waals surface area contributed by atoms with Crippen LogP contribution in [0.5, 0.6) is 0 Å². The van der Waals surface area contributed by atoms with Gasteiger partial charge in [0.05, 0.1) is 9.77 Å². The molecule has 152 valence electrons. The van der Waals surface area contributed by atoms with Crippen molar-refractivity contribution in [3.63, 3.8) is 0 Å². The van der Waals surface area contributed by atoms with Crippen LogP contribution in [0, 0.1) is 6.92 Å². The molecule has 0 radical (unpaired) electrons. The molecular formula is C22H24N2O3S2. The summed E-state index contributed by atoms with van der Waals surface area (Å²) in [6.07, 6.45) is 2.92. The number of nitrogens with one attached hydrogen (secondary N) is 1. The van der Waals surface area contributed by atoms with Crippen LogP contribution >= 0.6 is 11.3 Å². The zero-order chi connectivity index (χ0) is 20.4. The summed E-state index contributed by atoms with van der Waals surface area (Å²) in [6.45, 7) is 3.51. The molecule has 0 atom stereocenters. The van der Waals surface area contributed by atoms with E-state index in [0.717, 1.165) is 45.4 Å². The van der Waals surface area contributed by atoms with Gasteiger partial charge in [0, 0.05) is 24.3 Å². The molecule has 1 aliphatic rings. The highest BCUT2D eigenvalue weighted by molar-refractivity contribution is 7.89. The van der Waals surface area contributed by atoms with Gasteiger partial charge in [-0.15, -0.1) is 11.3 Å². The predicted octanol–water partition coefficient (Wildman–Crippen LogP) is 4.31. The maximum absolute atomic E-state index is 12.7. The summed E-state index contributed by atoms with van der Waals surface area (Å²) in [5, 5.41) is 4.06. The lowest BCUT2D eigenvalue weighted by Gasteiger charge is -2.25. The van der Waals surface area contributed by atoms with Gasteiger partial charge < -0.3 is 5.32 Å². The first kappa shape index (κ1) is 20.1. The number of piperidine rings is 1. The second kappa shape index (κ2) is 8.26. The van der Waals surface area contributed by atoms with Gasteiger partial charge in [0.25, 0.3) is 5.91 Å². The van der Waals surface area contributed by atoms with E-state index in [9.17, 15) is 13.2 Å². The second-order valence-electron chi connectivity index (χ2n) is 7.34. The minimum atomic E-state index is -3.43. The average molecular weight is 429 g/mol. The van der Waals surface area contributed by atoms with Crippen molar-refractivity contribution < 1.29 is 13.2 Å². The number of hydrogen-bond donors (Lipinski definition) is 1. The van der Waals surface area contributed by atoms with Crippen LogP contribution in [-0.4, -0.2) is 31.7 Å². The van der Waals surface area contributed by atoms with Gasteiger partial charge in [-0.2, -0.15) is 4.31 Å². The van der Waals surface area contributed by atoms with Crippen molar-refractivity contribution in [2.75, 3.05) is 13.1 Å². The van der Waals surface area contributed by atoms with E-state index in [1.165, 1.54) is 11.3 Å². The Bertz CT molecular complexity index is 1130. The Morgan fingerprint density at radius 1 is 1.03 bits per heavy atom. The molecule has 7 heteroatoms. The van der Waals surface area contributed by atoms with Crippen LogP contribution in [0.25, 0.3) is 10.1 Å². The standard InChI is InChI=1S/C22H24N2O3S2/c1-16-19-7-3-4-8-20(19)28-21(16)22(25)23-15-17-9-11-18(12-10-17)29(26,27)24-13-5-2-6-14-24/h3-4,7-12H,2,5-6,13-15H2,1H3,(H,23,25). The predicted molar refractivity (Wildman–Crippen MR) is 117 cm³/mol. The number of amides is 1. The molecule has 2 heterocycles. The third-order valence-electron chi connectivity index (χ3n) is 5.38. The Morgan fingerprint density at radius 3 is 2.41 bits per heavy atom. The van der Waals surface area contributed by atoms with E-state index in [1.54, 1.807) is 28.6 Å². The van der Waals surface area contributed by atoms with E-state index < -0.39 is 10.0 Å². The van der Waals surface area contributed by atoms with Crippen molar-refractivity contribution in [2.45, 2.75) is 37.6 Å². The molecule has 1 N–H and O–H groups in total. The zero-order valence-electron chi connectivity index (χ0n) is 16.3. The molecule has 1 aliphatic heterocycles. The van der Waals surface area contributed by atoms with E-state index in [4.69, 9.17) is 0 Å². The van der Waals surface area contributed by atoms with Crippen LogP contribution in [0.15, 0.2) is 53.4 Å². The Kier molecular flexibility index (Phi) is 5.72. The van der Waals surface area contributed by atoms with Crippen molar-refractivity contribution in [3.8, 4) is 0 Å². The number of carbonyl (C=O) groups is 1. The largest absolute Gasteiger partial charge is 0.347 e. The zero-order valence-corrected chi connectivity index (χ0v) is 18.0. The molecular weight excluding hydrogens is 404 g/mol. The van der Waals surface area contributed by atoms with Crippen LogP contribution in [-0.2, 0) is 16.6 Å². The van der Waals surface area contributed by atoms with Gasteiger partial charge in [-0.3, -0.25) is 4.79 Å². The molecule has 5 nitrogen and oxygen atoms in total. The number of benzene rings is 2. The van der Waals surface area contributed by atoms with Gasteiger partial charge in [-0.25, -0.2) is 8.42 Å².